The van der Waals surface area contributed by atoms with Gasteiger partial charge in [-0.3, -0.25) is 4.79 Å². The fraction of sp³-hybridized carbons (Fsp3) is 0.556. The monoisotopic (exact) mass is 316 g/mol. The van der Waals surface area contributed by atoms with Crippen LogP contribution in [0.4, 0.5) is 0 Å². The largest absolute Gasteiger partial charge is 0.550 e. The molecule has 0 unspecified atom stereocenters. The molecular weight excluding hydrogens is 292 g/mol. The molecule has 0 saturated heterocycles. The summed E-state index contributed by atoms with van der Waals surface area (Å²) in [6, 6.07) is 8.23. The van der Waals surface area contributed by atoms with E-state index in [1.54, 1.807) is 0 Å². The van der Waals surface area contributed by atoms with Gasteiger partial charge < -0.3 is 20.5 Å². The fourth-order valence-electron chi connectivity index (χ4n) is 3.72. The smallest absolute Gasteiger partial charge is 0.278 e. The maximum absolute atomic E-state index is 12.4. The van der Waals surface area contributed by atoms with Gasteiger partial charge in [0.05, 0.1) is 0 Å². The van der Waals surface area contributed by atoms with Gasteiger partial charge in [-0.05, 0) is 43.1 Å². The van der Waals surface area contributed by atoms with Crippen molar-refractivity contribution < 1.29 is 20.0 Å². The van der Waals surface area contributed by atoms with Gasteiger partial charge in [0.15, 0.2) is 6.04 Å². The molecule has 0 radical (unpaired) electrons. The number of quaternary nitrogens is 1. The predicted molar refractivity (Wildman–Crippen MR) is 83.0 cm³/mol. The number of rotatable bonds is 4. The molecule has 5 nitrogen and oxygen atoms in total. The van der Waals surface area contributed by atoms with E-state index < -0.39 is 5.97 Å². The quantitative estimate of drug-likeness (QED) is 0.774. The van der Waals surface area contributed by atoms with Gasteiger partial charge in [-0.25, -0.2) is 0 Å². The van der Waals surface area contributed by atoms with E-state index in [9.17, 15) is 14.7 Å². The summed E-state index contributed by atoms with van der Waals surface area (Å²) < 4.78 is 0. The lowest BCUT2D eigenvalue weighted by atomic mass is 9.82. The summed E-state index contributed by atoms with van der Waals surface area (Å²) in [5.74, 6) is -0.736. The van der Waals surface area contributed by atoms with Crippen LogP contribution in [-0.2, 0) is 22.6 Å². The summed E-state index contributed by atoms with van der Waals surface area (Å²) in [5, 5.41) is 16.0. The molecule has 124 valence electrons. The van der Waals surface area contributed by atoms with Crippen LogP contribution >= 0.6 is 0 Å². The molecule has 1 aromatic rings. The Bertz CT molecular complexity index is 579. The molecule has 2 aliphatic rings. The third-order valence-electron chi connectivity index (χ3n) is 5.26. The number of nitrogens with one attached hydrogen (secondary N) is 1. The molecule has 1 heterocycles. The first-order valence-corrected chi connectivity index (χ1v) is 8.52. The molecule has 23 heavy (non-hydrogen) atoms. The highest BCUT2D eigenvalue weighted by Crippen LogP contribution is 2.27. The van der Waals surface area contributed by atoms with Crippen LogP contribution in [0.1, 0.15) is 36.8 Å². The second-order valence-electron chi connectivity index (χ2n) is 6.80. The van der Waals surface area contributed by atoms with Crippen molar-refractivity contribution >= 4 is 11.9 Å². The highest BCUT2D eigenvalue weighted by atomic mass is 16.4. The van der Waals surface area contributed by atoms with Crippen LogP contribution in [0.25, 0.3) is 0 Å². The molecule has 1 aliphatic heterocycles. The number of aliphatic carboxylic acids is 1. The van der Waals surface area contributed by atoms with Crippen molar-refractivity contribution in [1.82, 2.24) is 5.32 Å². The normalized spacial score (nSPS) is 27.0. The van der Waals surface area contributed by atoms with E-state index >= 15 is 0 Å². The zero-order valence-electron chi connectivity index (χ0n) is 13.3. The number of hydrogen-bond donors (Lipinski definition) is 2. The molecule has 5 heteroatoms. The maximum atomic E-state index is 12.4. The van der Waals surface area contributed by atoms with E-state index in [-0.39, 0.29) is 17.9 Å². The zero-order chi connectivity index (χ0) is 16.2. The summed E-state index contributed by atoms with van der Waals surface area (Å²) in [4.78, 5) is 23.2. The topological polar surface area (TPSA) is 85.8 Å². The first-order valence-electron chi connectivity index (χ1n) is 8.52. The second kappa shape index (κ2) is 7.13. The molecule has 3 N–H and O–H groups in total. The van der Waals surface area contributed by atoms with Crippen LogP contribution in [0.15, 0.2) is 24.3 Å². The highest BCUT2D eigenvalue weighted by Gasteiger charge is 2.28. The molecule has 3 rings (SSSR count). The lowest BCUT2D eigenvalue weighted by Crippen LogP contribution is -2.93. The number of carboxylic acids is 1. The van der Waals surface area contributed by atoms with Gasteiger partial charge in [0.1, 0.15) is 6.54 Å². The van der Waals surface area contributed by atoms with Gasteiger partial charge in [-0.1, -0.05) is 24.3 Å². The van der Waals surface area contributed by atoms with Crippen LogP contribution in [0.3, 0.4) is 0 Å². The number of carbonyl (C=O) groups is 2. The van der Waals surface area contributed by atoms with E-state index in [4.69, 9.17) is 0 Å². The van der Waals surface area contributed by atoms with Crippen LogP contribution < -0.4 is 15.7 Å². The van der Waals surface area contributed by atoms with Gasteiger partial charge >= 0.3 is 0 Å². The highest BCUT2D eigenvalue weighted by molar-refractivity contribution is 5.80. The third-order valence-corrected chi connectivity index (χ3v) is 5.26. The SMILES string of the molecule is O=C([O-])C1CCC(CNC(=O)[C@@H]2Cc3ccccc3C[NH2+]2)CC1. The Labute approximate surface area is 136 Å². The summed E-state index contributed by atoms with van der Waals surface area (Å²) in [6.45, 7) is 1.51. The van der Waals surface area contributed by atoms with Crippen LogP contribution in [0.2, 0.25) is 0 Å². The minimum atomic E-state index is -0.928. The number of hydrogen-bond acceptors (Lipinski definition) is 3. The Morgan fingerprint density at radius 1 is 1.13 bits per heavy atom. The maximum Gasteiger partial charge on any atom is 0.278 e. The molecule has 0 spiro atoms. The number of benzene rings is 1. The van der Waals surface area contributed by atoms with Crippen LogP contribution in [0, 0.1) is 11.8 Å². The average molecular weight is 316 g/mol. The van der Waals surface area contributed by atoms with Crippen molar-refractivity contribution in [2.24, 2.45) is 11.8 Å². The van der Waals surface area contributed by atoms with Crippen molar-refractivity contribution in [2.75, 3.05) is 6.54 Å². The third kappa shape index (κ3) is 3.91. The van der Waals surface area contributed by atoms with E-state index in [0.717, 1.165) is 25.8 Å². The fourth-order valence-corrected chi connectivity index (χ4v) is 3.72. The molecule has 0 bridgehead atoms. The van der Waals surface area contributed by atoms with Crippen molar-refractivity contribution in [3.05, 3.63) is 35.4 Å². The lowest BCUT2D eigenvalue weighted by Gasteiger charge is -2.29. The summed E-state index contributed by atoms with van der Waals surface area (Å²) in [7, 11) is 0. The van der Waals surface area contributed by atoms with Crippen LogP contribution in [-0.4, -0.2) is 24.5 Å². The molecule has 0 aromatic heterocycles. The predicted octanol–water partition coefficient (Wildman–Crippen LogP) is -0.653. The first-order chi connectivity index (χ1) is 11.1. The molecular formula is C18H24N2O3. The standard InChI is InChI=1S/C18H24N2O3/c21-17(16-9-14-3-1-2-4-15(14)11-19-16)20-10-12-5-7-13(8-6-12)18(22)23/h1-4,12-13,16,19H,5-11H2,(H,20,21)(H,22,23)/t12?,13?,16-/m0/s1. The second-order valence-corrected chi connectivity index (χ2v) is 6.80. The summed E-state index contributed by atoms with van der Waals surface area (Å²) in [5.41, 5.74) is 2.58. The Kier molecular flexibility index (Phi) is 4.96. The summed E-state index contributed by atoms with van der Waals surface area (Å²) in [6.07, 6.45) is 3.84. The van der Waals surface area contributed by atoms with Gasteiger partial charge in [-0.2, -0.15) is 0 Å². The molecule has 1 atom stereocenters. The summed E-state index contributed by atoms with van der Waals surface area (Å²) >= 11 is 0. The number of nitrogens with two attached hydrogens (primary N) is 1. The minimum absolute atomic E-state index is 0.0514. The van der Waals surface area contributed by atoms with E-state index in [2.05, 4.69) is 22.8 Å². The van der Waals surface area contributed by atoms with Crippen LogP contribution in [0.5, 0.6) is 0 Å². The molecule has 1 fully saturated rings. The molecule has 1 saturated carbocycles. The Morgan fingerprint density at radius 3 is 2.52 bits per heavy atom. The van der Waals surface area contributed by atoms with Gasteiger partial charge in [0.25, 0.3) is 5.91 Å². The first kappa shape index (κ1) is 16.0. The van der Waals surface area contributed by atoms with Gasteiger partial charge in [-0.15, -0.1) is 0 Å². The number of carboxylic acid groups (broad SMARTS) is 1. The minimum Gasteiger partial charge on any atom is -0.550 e. The van der Waals surface area contributed by atoms with Gasteiger partial charge in [0.2, 0.25) is 0 Å². The van der Waals surface area contributed by atoms with E-state index in [0.29, 0.717) is 25.3 Å². The zero-order valence-corrected chi connectivity index (χ0v) is 13.3. The number of fused-ring (bicyclic) bond motifs is 1. The van der Waals surface area contributed by atoms with Gasteiger partial charge in [0, 0.05) is 24.5 Å². The van der Waals surface area contributed by atoms with Crippen molar-refractivity contribution in [3.8, 4) is 0 Å². The molecule has 1 aromatic carbocycles. The lowest BCUT2D eigenvalue weighted by molar-refractivity contribution is -0.695. The average Bonchev–Trinajstić information content (AvgIpc) is 2.59. The van der Waals surface area contributed by atoms with Crippen molar-refractivity contribution in [3.63, 3.8) is 0 Å². The van der Waals surface area contributed by atoms with E-state index in [1.165, 1.54) is 11.1 Å². The number of carbonyl (C=O) groups excluding carboxylic acids is 2. The Balaban J connectivity index is 1.45. The Hall–Kier alpha value is -1.88. The molecule has 1 amide bonds. The van der Waals surface area contributed by atoms with Crippen molar-refractivity contribution in [1.29, 1.82) is 0 Å². The van der Waals surface area contributed by atoms with Crippen molar-refractivity contribution in [2.45, 2.75) is 44.7 Å². The van der Waals surface area contributed by atoms with E-state index in [1.807, 2.05) is 12.1 Å². The Morgan fingerprint density at radius 2 is 1.83 bits per heavy atom. The number of amides is 1. The molecule has 1 aliphatic carbocycles.